The first kappa shape index (κ1) is 18.5. The number of rotatable bonds is 5. The van der Waals surface area contributed by atoms with Crippen molar-refractivity contribution in [1.82, 2.24) is 18.8 Å². The third kappa shape index (κ3) is 3.25. The molecule has 1 aliphatic rings. The Morgan fingerprint density at radius 2 is 2.18 bits per heavy atom. The van der Waals surface area contributed by atoms with E-state index in [1.807, 2.05) is 10.6 Å². The van der Waals surface area contributed by atoms with Gasteiger partial charge in [0.2, 0.25) is 0 Å². The fourth-order valence-corrected chi connectivity index (χ4v) is 4.04. The van der Waals surface area contributed by atoms with Gasteiger partial charge in [0.25, 0.3) is 0 Å². The molecule has 1 aliphatic heterocycles. The van der Waals surface area contributed by atoms with Crippen LogP contribution >= 0.6 is 11.9 Å². The first-order valence-corrected chi connectivity index (χ1v) is 10.1. The Kier molecular flexibility index (Phi) is 5.06. The lowest BCUT2D eigenvalue weighted by atomic mass is 10.0. The largest absolute Gasteiger partial charge is 0.398 e. The van der Waals surface area contributed by atoms with Crippen LogP contribution in [0.2, 0.25) is 0 Å². The Balaban J connectivity index is 1.92. The van der Waals surface area contributed by atoms with E-state index in [4.69, 9.17) is 15.6 Å². The maximum absolute atomic E-state index is 5.99. The molecule has 0 bridgehead atoms. The summed E-state index contributed by atoms with van der Waals surface area (Å²) in [5, 5.41) is 4.06. The molecule has 0 radical (unpaired) electrons. The van der Waals surface area contributed by atoms with Gasteiger partial charge >= 0.3 is 0 Å². The number of allylic oxidation sites excluding steroid dienone is 1. The molecule has 0 unspecified atom stereocenters. The van der Waals surface area contributed by atoms with Crippen LogP contribution in [0.15, 0.2) is 54.1 Å². The first-order valence-electron chi connectivity index (χ1n) is 8.92. The second kappa shape index (κ2) is 7.65. The molecule has 4 rings (SSSR count). The summed E-state index contributed by atoms with van der Waals surface area (Å²) in [6.45, 7) is 5.81. The van der Waals surface area contributed by atoms with Crippen molar-refractivity contribution >= 4 is 28.7 Å². The summed E-state index contributed by atoms with van der Waals surface area (Å²) in [6.07, 6.45) is 6.65. The summed E-state index contributed by atoms with van der Waals surface area (Å²) in [5.41, 5.74) is 12.1. The maximum Gasteiger partial charge on any atom is 0.170 e. The quantitative estimate of drug-likeness (QED) is 0.407. The predicted molar refractivity (Wildman–Crippen MR) is 113 cm³/mol. The standard InChI is InChI=1S/C20H22N6OS/c1-13(21)19(24-27-2)20-23-17-11-22-8-6-18(17)26(20)16-5-4-14-7-9-25(28-3)12-15(14)10-16/h4-6,8,10-11H,1,7,9,12,21H2,2-3H3/b24-19+. The van der Waals surface area contributed by atoms with Gasteiger partial charge in [-0.2, -0.15) is 0 Å². The topological polar surface area (TPSA) is 81.6 Å². The number of nitrogens with zero attached hydrogens (tertiary/aromatic N) is 5. The van der Waals surface area contributed by atoms with Gasteiger partial charge in [-0.3, -0.25) is 9.55 Å². The van der Waals surface area contributed by atoms with E-state index < -0.39 is 0 Å². The van der Waals surface area contributed by atoms with Crippen molar-refractivity contribution in [3.8, 4) is 5.69 Å². The van der Waals surface area contributed by atoms with Gasteiger partial charge in [0.05, 0.1) is 17.4 Å². The zero-order valence-corrected chi connectivity index (χ0v) is 16.7. The van der Waals surface area contributed by atoms with E-state index in [1.54, 1.807) is 24.3 Å². The minimum absolute atomic E-state index is 0.290. The molecule has 2 N–H and O–H groups in total. The van der Waals surface area contributed by atoms with Crippen LogP contribution in [0, 0.1) is 0 Å². The van der Waals surface area contributed by atoms with Crippen LogP contribution in [-0.2, 0) is 17.8 Å². The molecular formula is C20H22N6OS. The maximum atomic E-state index is 5.99. The number of imidazole rings is 1. The monoisotopic (exact) mass is 394 g/mol. The molecule has 0 aliphatic carbocycles. The molecule has 3 aromatic rings. The summed E-state index contributed by atoms with van der Waals surface area (Å²) < 4.78 is 4.40. The Hall–Kier alpha value is -2.84. The summed E-state index contributed by atoms with van der Waals surface area (Å²) in [7, 11) is 1.48. The number of pyridine rings is 1. The lowest BCUT2D eigenvalue weighted by molar-refractivity contribution is 0.213. The van der Waals surface area contributed by atoms with Crippen molar-refractivity contribution in [1.29, 1.82) is 0 Å². The van der Waals surface area contributed by atoms with Gasteiger partial charge in [0, 0.05) is 25.0 Å². The number of benzene rings is 1. The minimum Gasteiger partial charge on any atom is -0.398 e. The molecule has 0 atom stereocenters. The summed E-state index contributed by atoms with van der Waals surface area (Å²) >= 11 is 1.78. The molecule has 2 aromatic heterocycles. The van der Waals surface area contributed by atoms with Crippen LogP contribution in [0.1, 0.15) is 17.0 Å². The molecule has 0 saturated heterocycles. The molecule has 0 saturated carbocycles. The summed E-state index contributed by atoms with van der Waals surface area (Å²) in [6, 6.07) is 8.46. The molecule has 8 heteroatoms. The van der Waals surface area contributed by atoms with E-state index in [2.05, 4.69) is 45.5 Å². The van der Waals surface area contributed by atoms with E-state index in [1.165, 1.54) is 18.2 Å². The molecule has 0 fully saturated rings. The lowest BCUT2D eigenvalue weighted by Crippen LogP contribution is -2.24. The zero-order chi connectivity index (χ0) is 19.7. The molecule has 144 valence electrons. The second-order valence-corrected chi connectivity index (χ2v) is 7.41. The van der Waals surface area contributed by atoms with E-state index in [-0.39, 0.29) is 5.70 Å². The fraction of sp³-hybridized carbons (Fsp3) is 0.250. The van der Waals surface area contributed by atoms with Crippen molar-refractivity contribution in [2.24, 2.45) is 10.9 Å². The average molecular weight is 395 g/mol. The third-order valence-corrected chi connectivity index (χ3v) is 5.67. The number of hydrogen-bond donors (Lipinski definition) is 1. The van der Waals surface area contributed by atoms with Crippen molar-refractivity contribution in [3.63, 3.8) is 0 Å². The van der Waals surface area contributed by atoms with Gasteiger partial charge in [-0.25, -0.2) is 9.29 Å². The van der Waals surface area contributed by atoms with E-state index >= 15 is 0 Å². The van der Waals surface area contributed by atoms with Gasteiger partial charge in [0.15, 0.2) is 11.5 Å². The highest BCUT2D eigenvalue weighted by Gasteiger charge is 2.21. The van der Waals surface area contributed by atoms with Crippen LogP contribution in [0.4, 0.5) is 0 Å². The molecule has 0 spiro atoms. The third-order valence-electron chi connectivity index (χ3n) is 4.84. The van der Waals surface area contributed by atoms with Crippen molar-refractivity contribution in [2.45, 2.75) is 13.0 Å². The molecule has 3 heterocycles. The average Bonchev–Trinajstić information content (AvgIpc) is 3.09. The Bertz CT molecular complexity index is 1070. The van der Waals surface area contributed by atoms with Crippen LogP contribution in [0.5, 0.6) is 0 Å². The first-order chi connectivity index (χ1) is 13.6. The smallest absolute Gasteiger partial charge is 0.170 e. The highest BCUT2D eigenvalue weighted by atomic mass is 32.2. The van der Waals surface area contributed by atoms with Gasteiger partial charge in [-0.1, -0.05) is 29.7 Å². The van der Waals surface area contributed by atoms with E-state index in [0.717, 1.165) is 36.2 Å². The van der Waals surface area contributed by atoms with Crippen LogP contribution in [0.25, 0.3) is 16.7 Å². The fourth-order valence-electron chi connectivity index (χ4n) is 3.50. The number of hydrogen-bond acceptors (Lipinski definition) is 7. The highest BCUT2D eigenvalue weighted by molar-refractivity contribution is 7.96. The van der Waals surface area contributed by atoms with Crippen LogP contribution in [0.3, 0.4) is 0 Å². The molecule has 28 heavy (non-hydrogen) atoms. The van der Waals surface area contributed by atoms with Gasteiger partial charge in [-0.15, -0.1) is 0 Å². The summed E-state index contributed by atoms with van der Waals surface area (Å²) in [5.74, 6) is 0.579. The number of oxime groups is 1. The van der Waals surface area contributed by atoms with Crippen molar-refractivity contribution in [2.75, 3.05) is 19.9 Å². The summed E-state index contributed by atoms with van der Waals surface area (Å²) in [4.78, 5) is 13.9. The Labute approximate surface area is 168 Å². The van der Waals surface area contributed by atoms with E-state index in [9.17, 15) is 0 Å². The SMILES string of the molecule is C=C(N)/C(=N\OC)c1nc2cnccc2n1-c1ccc2c(c1)CN(SC)CC2. The van der Waals surface area contributed by atoms with Gasteiger partial charge in [0.1, 0.15) is 12.6 Å². The number of fused-ring (bicyclic) bond motifs is 2. The normalized spacial score (nSPS) is 14.9. The molecule has 7 nitrogen and oxygen atoms in total. The van der Waals surface area contributed by atoms with E-state index in [0.29, 0.717) is 11.5 Å². The minimum atomic E-state index is 0.290. The highest BCUT2D eigenvalue weighted by Crippen LogP contribution is 2.28. The predicted octanol–water partition coefficient (Wildman–Crippen LogP) is 2.88. The number of nitrogens with two attached hydrogens (primary N) is 1. The number of aromatic nitrogens is 3. The Morgan fingerprint density at radius 3 is 2.93 bits per heavy atom. The van der Waals surface area contributed by atoms with Gasteiger partial charge < -0.3 is 10.6 Å². The van der Waals surface area contributed by atoms with Crippen molar-refractivity contribution in [3.05, 3.63) is 65.9 Å². The van der Waals surface area contributed by atoms with Gasteiger partial charge in [-0.05, 0) is 42.0 Å². The van der Waals surface area contributed by atoms with Crippen molar-refractivity contribution < 1.29 is 4.84 Å². The molecular weight excluding hydrogens is 372 g/mol. The Morgan fingerprint density at radius 1 is 1.32 bits per heavy atom. The molecule has 0 amide bonds. The molecule has 1 aromatic carbocycles. The second-order valence-electron chi connectivity index (χ2n) is 6.53. The zero-order valence-electron chi connectivity index (χ0n) is 15.9. The van der Waals surface area contributed by atoms with Crippen LogP contribution < -0.4 is 5.73 Å². The van der Waals surface area contributed by atoms with Crippen LogP contribution in [-0.4, -0.2) is 44.5 Å². The lowest BCUT2D eigenvalue weighted by Gasteiger charge is -2.27.